The minimum absolute atomic E-state index is 0.0861. The molecular formula is C26H27N3OS. The van der Waals surface area contributed by atoms with Gasteiger partial charge in [-0.25, -0.2) is 4.31 Å². The monoisotopic (exact) mass is 429 g/mol. The van der Waals surface area contributed by atoms with Crippen LogP contribution in [0.4, 0.5) is 0 Å². The van der Waals surface area contributed by atoms with Crippen LogP contribution in [0.5, 0.6) is 0 Å². The molecule has 31 heavy (non-hydrogen) atoms. The van der Waals surface area contributed by atoms with Crippen LogP contribution in [0.25, 0.3) is 21.9 Å². The third-order valence-corrected chi connectivity index (χ3v) is 7.00. The zero-order valence-electron chi connectivity index (χ0n) is 18.3. The average molecular weight is 430 g/mol. The quantitative estimate of drug-likeness (QED) is 0.525. The van der Waals surface area contributed by atoms with E-state index in [1.807, 2.05) is 67.3 Å². The van der Waals surface area contributed by atoms with Crippen LogP contribution in [0, 0.1) is 11.3 Å². The molecule has 1 aliphatic rings. The largest absolute Gasteiger partial charge is 0.336 e. The summed E-state index contributed by atoms with van der Waals surface area (Å²) in [5.74, 6) is 0.0861. The molecule has 0 spiro atoms. The summed E-state index contributed by atoms with van der Waals surface area (Å²) in [6.45, 7) is 7.08. The van der Waals surface area contributed by atoms with Crippen LogP contribution in [0.3, 0.4) is 0 Å². The molecule has 1 amide bonds. The molecule has 1 fully saturated rings. The Morgan fingerprint density at radius 3 is 2.29 bits per heavy atom. The Labute approximate surface area is 188 Å². The van der Waals surface area contributed by atoms with Crippen LogP contribution in [0.2, 0.25) is 0 Å². The van der Waals surface area contributed by atoms with Crippen LogP contribution in [0.15, 0.2) is 60.7 Å². The molecule has 158 valence electrons. The topological polar surface area (TPSA) is 47.3 Å². The number of amides is 1. The first kappa shape index (κ1) is 21.4. The second kappa shape index (κ2) is 8.74. The highest BCUT2D eigenvalue weighted by Gasteiger charge is 2.25. The van der Waals surface area contributed by atoms with Crippen molar-refractivity contribution >= 4 is 28.6 Å². The summed E-state index contributed by atoms with van der Waals surface area (Å²) >= 11 is 1.73. The predicted molar refractivity (Wildman–Crippen MR) is 129 cm³/mol. The molecular weight excluding hydrogens is 402 g/mol. The molecule has 0 radical (unpaired) electrons. The SMILES string of the molecule is CSN1CCN(C(=O)c2ccc3ccccc3c2-c2ccc(C(C)(C)C#N)cc2)CC1. The minimum atomic E-state index is -0.549. The summed E-state index contributed by atoms with van der Waals surface area (Å²) in [4.78, 5) is 15.5. The van der Waals surface area contributed by atoms with E-state index in [2.05, 4.69) is 28.8 Å². The van der Waals surface area contributed by atoms with Gasteiger partial charge in [0, 0.05) is 37.3 Å². The summed E-state index contributed by atoms with van der Waals surface area (Å²) < 4.78 is 2.29. The molecule has 0 saturated carbocycles. The average Bonchev–Trinajstić information content (AvgIpc) is 2.83. The van der Waals surface area contributed by atoms with Gasteiger partial charge in [0.2, 0.25) is 0 Å². The van der Waals surface area contributed by atoms with Gasteiger partial charge in [-0.3, -0.25) is 4.79 Å². The van der Waals surface area contributed by atoms with Crippen LogP contribution in [0.1, 0.15) is 29.8 Å². The molecule has 0 aliphatic carbocycles. The molecule has 3 aromatic rings. The van der Waals surface area contributed by atoms with Crippen LogP contribution in [-0.2, 0) is 5.41 Å². The van der Waals surface area contributed by atoms with E-state index >= 15 is 0 Å². The number of nitriles is 1. The molecule has 1 aliphatic heterocycles. The van der Waals surface area contributed by atoms with E-state index < -0.39 is 5.41 Å². The van der Waals surface area contributed by atoms with Gasteiger partial charge in [-0.2, -0.15) is 5.26 Å². The van der Waals surface area contributed by atoms with E-state index in [4.69, 9.17) is 0 Å². The maximum atomic E-state index is 13.6. The lowest BCUT2D eigenvalue weighted by Gasteiger charge is -2.33. The smallest absolute Gasteiger partial charge is 0.254 e. The van der Waals surface area contributed by atoms with E-state index in [9.17, 15) is 10.1 Å². The van der Waals surface area contributed by atoms with E-state index in [0.29, 0.717) is 0 Å². The molecule has 5 heteroatoms. The Bertz CT molecular complexity index is 1140. The lowest BCUT2D eigenvalue weighted by molar-refractivity contribution is 0.0705. The minimum Gasteiger partial charge on any atom is -0.336 e. The molecule has 0 atom stereocenters. The van der Waals surface area contributed by atoms with Gasteiger partial charge in [-0.1, -0.05) is 66.5 Å². The maximum absolute atomic E-state index is 13.6. The summed E-state index contributed by atoms with van der Waals surface area (Å²) in [6, 6.07) is 22.7. The van der Waals surface area contributed by atoms with Gasteiger partial charge in [0.05, 0.1) is 11.5 Å². The fraction of sp³-hybridized carbons (Fsp3) is 0.308. The Morgan fingerprint density at radius 1 is 0.968 bits per heavy atom. The second-order valence-electron chi connectivity index (χ2n) is 8.43. The highest BCUT2D eigenvalue weighted by Crippen LogP contribution is 2.34. The number of hydrogen-bond donors (Lipinski definition) is 0. The number of fused-ring (bicyclic) bond motifs is 1. The van der Waals surface area contributed by atoms with Crippen LogP contribution in [-0.4, -0.2) is 47.5 Å². The van der Waals surface area contributed by atoms with Crippen LogP contribution < -0.4 is 0 Å². The van der Waals surface area contributed by atoms with Gasteiger partial charge in [-0.05, 0) is 48.1 Å². The van der Waals surface area contributed by atoms with Gasteiger partial charge in [-0.15, -0.1) is 0 Å². The third kappa shape index (κ3) is 4.19. The molecule has 3 aromatic carbocycles. The first-order valence-electron chi connectivity index (χ1n) is 10.6. The summed E-state index contributed by atoms with van der Waals surface area (Å²) in [6.07, 6.45) is 2.08. The highest BCUT2D eigenvalue weighted by molar-refractivity contribution is 7.96. The number of benzene rings is 3. The zero-order valence-corrected chi connectivity index (χ0v) is 19.1. The Morgan fingerprint density at radius 2 is 1.65 bits per heavy atom. The van der Waals surface area contributed by atoms with Gasteiger partial charge in [0.25, 0.3) is 5.91 Å². The van der Waals surface area contributed by atoms with Crippen molar-refractivity contribution in [1.29, 1.82) is 5.26 Å². The van der Waals surface area contributed by atoms with E-state index in [1.165, 1.54) is 0 Å². The summed E-state index contributed by atoms with van der Waals surface area (Å²) in [5, 5.41) is 11.7. The number of carbonyl (C=O) groups excluding carboxylic acids is 1. The van der Waals surface area contributed by atoms with Crippen molar-refractivity contribution in [3.8, 4) is 17.2 Å². The second-order valence-corrected chi connectivity index (χ2v) is 9.31. The predicted octanol–water partition coefficient (Wildman–Crippen LogP) is 5.34. The van der Waals surface area contributed by atoms with E-state index in [-0.39, 0.29) is 5.91 Å². The maximum Gasteiger partial charge on any atom is 0.254 e. The Kier molecular flexibility index (Phi) is 6.04. The summed E-state index contributed by atoms with van der Waals surface area (Å²) in [7, 11) is 0. The first-order valence-corrected chi connectivity index (χ1v) is 11.7. The molecule has 0 N–H and O–H groups in total. The highest BCUT2D eigenvalue weighted by atomic mass is 32.2. The molecule has 0 aromatic heterocycles. The van der Waals surface area contributed by atoms with Gasteiger partial charge < -0.3 is 4.90 Å². The van der Waals surface area contributed by atoms with Gasteiger partial charge in [0.1, 0.15) is 0 Å². The third-order valence-electron chi connectivity index (χ3n) is 6.12. The first-order chi connectivity index (χ1) is 14.9. The molecule has 4 rings (SSSR count). The lowest BCUT2D eigenvalue weighted by Crippen LogP contribution is -2.46. The van der Waals surface area contributed by atoms with E-state index in [0.717, 1.165) is 59.2 Å². The van der Waals surface area contributed by atoms with E-state index in [1.54, 1.807) is 11.9 Å². The van der Waals surface area contributed by atoms with Crippen molar-refractivity contribution in [2.75, 3.05) is 32.4 Å². The molecule has 0 unspecified atom stereocenters. The van der Waals surface area contributed by atoms with Gasteiger partial charge >= 0.3 is 0 Å². The van der Waals surface area contributed by atoms with Crippen molar-refractivity contribution < 1.29 is 4.79 Å². The fourth-order valence-corrected chi connectivity index (χ4v) is 4.65. The molecule has 0 bridgehead atoms. The van der Waals surface area contributed by atoms with Crippen LogP contribution >= 0.6 is 11.9 Å². The zero-order chi connectivity index (χ0) is 22.0. The number of carbonyl (C=O) groups is 1. The lowest BCUT2D eigenvalue weighted by atomic mass is 9.84. The molecule has 1 heterocycles. The van der Waals surface area contributed by atoms with Crippen molar-refractivity contribution in [2.45, 2.75) is 19.3 Å². The fourth-order valence-electron chi connectivity index (χ4n) is 4.12. The number of hydrogen-bond acceptors (Lipinski definition) is 4. The van der Waals surface area contributed by atoms with Crippen molar-refractivity contribution in [3.63, 3.8) is 0 Å². The normalized spacial score (nSPS) is 15.1. The molecule has 4 nitrogen and oxygen atoms in total. The standard InChI is InChI=1S/C26H27N3OS/c1-26(2,18-27)21-11-8-20(9-12-21)24-22-7-5-4-6-19(22)10-13-23(24)25(30)28-14-16-29(31-3)17-15-28/h4-13H,14-17H2,1-3H3. The summed E-state index contributed by atoms with van der Waals surface area (Å²) in [5.41, 5.74) is 3.13. The Balaban J connectivity index is 1.78. The number of nitrogens with zero attached hydrogens (tertiary/aromatic N) is 3. The molecule has 1 saturated heterocycles. The van der Waals surface area contributed by atoms with Crippen molar-refractivity contribution in [3.05, 3.63) is 71.8 Å². The van der Waals surface area contributed by atoms with Gasteiger partial charge in [0.15, 0.2) is 0 Å². The number of piperazine rings is 1. The van der Waals surface area contributed by atoms with Crippen molar-refractivity contribution in [1.82, 2.24) is 9.21 Å². The number of rotatable bonds is 4. The van der Waals surface area contributed by atoms with Crippen molar-refractivity contribution in [2.24, 2.45) is 0 Å². The Hall–Kier alpha value is -2.81.